The minimum atomic E-state index is 0.445. The molecular weight excluding hydrogens is 458 g/mol. The summed E-state index contributed by atoms with van der Waals surface area (Å²) in [6, 6.07) is 35.6. The van der Waals surface area contributed by atoms with Crippen molar-refractivity contribution in [1.82, 2.24) is 14.5 Å². The molecule has 0 bridgehead atoms. The highest BCUT2D eigenvalue weighted by Crippen LogP contribution is 2.49. The van der Waals surface area contributed by atoms with Gasteiger partial charge in [-0.05, 0) is 48.5 Å². The topological polar surface area (TPSA) is 70.9 Å². The van der Waals surface area contributed by atoms with E-state index in [0.29, 0.717) is 22.7 Å². The Morgan fingerprint density at radius 2 is 1.51 bits per heavy atom. The second kappa shape index (κ2) is 7.30. The van der Waals surface area contributed by atoms with Gasteiger partial charge in [0.1, 0.15) is 6.07 Å². The summed E-state index contributed by atoms with van der Waals surface area (Å²) in [5, 5.41) is 11.6. The van der Waals surface area contributed by atoms with Crippen LogP contribution in [0.5, 0.6) is 0 Å². The van der Waals surface area contributed by atoms with Crippen LogP contribution in [0.15, 0.2) is 108 Å². The van der Waals surface area contributed by atoms with Crippen LogP contribution in [0, 0.1) is 11.3 Å². The number of fused-ring (bicyclic) bond motifs is 6. The van der Waals surface area contributed by atoms with Crippen LogP contribution in [0.25, 0.3) is 50.2 Å². The number of anilines is 3. The highest BCUT2D eigenvalue weighted by atomic mass is 16.3. The number of para-hydroxylation sites is 4. The largest absolute Gasteiger partial charge is 0.434 e. The van der Waals surface area contributed by atoms with Gasteiger partial charge in [0.2, 0.25) is 5.89 Å². The third-order valence-electron chi connectivity index (χ3n) is 7.03. The fraction of sp³-hybridized carbons (Fsp3) is 0. The highest BCUT2D eigenvalue weighted by molar-refractivity contribution is 6.16. The molecule has 0 N–H and O–H groups in total. The summed E-state index contributed by atoms with van der Waals surface area (Å²) >= 11 is 0. The molecule has 8 rings (SSSR count). The van der Waals surface area contributed by atoms with Crippen molar-refractivity contribution >= 4 is 50.1 Å². The van der Waals surface area contributed by atoms with Gasteiger partial charge >= 0.3 is 0 Å². The van der Waals surface area contributed by atoms with Crippen LogP contribution in [0.4, 0.5) is 17.1 Å². The number of oxazole rings is 1. The van der Waals surface area contributed by atoms with Gasteiger partial charge < -0.3 is 13.9 Å². The molecule has 0 radical (unpaired) electrons. The Hall–Kier alpha value is -5.41. The summed E-state index contributed by atoms with van der Waals surface area (Å²) in [4.78, 5) is 11.1. The van der Waals surface area contributed by atoms with Gasteiger partial charge in [-0.25, -0.2) is 4.98 Å². The second-order valence-electron chi connectivity index (χ2n) is 9.07. The minimum Gasteiger partial charge on any atom is -0.434 e. The van der Waals surface area contributed by atoms with Crippen LogP contribution >= 0.6 is 0 Å². The zero-order chi connectivity index (χ0) is 24.5. The molecule has 4 heterocycles. The quantitative estimate of drug-likeness (QED) is 0.257. The van der Waals surface area contributed by atoms with Gasteiger partial charge in [0, 0.05) is 34.3 Å². The number of nitriles is 1. The maximum absolute atomic E-state index is 9.14. The molecule has 0 unspecified atom stereocenters. The molecule has 37 heavy (non-hydrogen) atoms. The molecule has 3 aromatic heterocycles. The molecule has 4 aromatic carbocycles. The lowest BCUT2D eigenvalue weighted by atomic mass is 10.1. The minimum absolute atomic E-state index is 0.445. The Morgan fingerprint density at radius 1 is 0.757 bits per heavy atom. The van der Waals surface area contributed by atoms with Crippen molar-refractivity contribution < 1.29 is 4.42 Å². The maximum atomic E-state index is 9.14. The number of hydrogen-bond acceptors (Lipinski definition) is 5. The molecule has 0 atom stereocenters. The maximum Gasteiger partial charge on any atom is 0.228 e. The Balaban J connectivity index is 1.31. The molecule has 1 aliphatic rings. The van der Waals surface area contributed by atoms with E-state index in [1.807, 2.05) is 12.1 Å². The van der Waals surface area contributed by atoms with E-state index in [0.717, 1.165) is 28.3 Å². The van der Waals surface area contributed by atoms with Crippen molar-refractivity contribution in [3.8, 4) is 23.2 Å². The van der Waals surface area contributed by atoms with Crippen LogP contribution in [-0.4, -0.2) is 14.5 Å². The summed E-state index contributed by atoms with van der Waals surface area (Å²) in [5.41, 5.74) is 9.13. The molecule has 7 aromatic rings. The monoisotopic (exact) mass is 475 g/mol. The van der Waals surface area contributed by atoms with Crippen LogP contribution in [-0.2, 0) is 0 Å². The Labute approximate surface area is 211 Å². The molecule has 6 heteroatoms. The van der Waals surface area contributed by atoms with Crippen LogP contribution < -0.4 is 4.90 Å². The van der Waals surface area contributed by atoms with Gasteiger partial charge in [0.05, 0.1) is 33.7 Å². The summed E-state index contributed by atoms with van der Waals surface area (Å²) in [7, 11) is 0. The van der Waals surface area contributed by atoms with E-state index in [4.69, 9.17) is 9.68 Å². The smallest absolute Gasteiger partial charge is 0.228 e. The first-order chi connectivity index (χ1) is 18.3. The van der Waals surface area contributed by atoms with E-state index in [9.17, 15) is 0 Å². The number of hydrogen-bond donors (Lipinski definition) is 0. The van der Waals surface area contributed by atoms with Crippen molar-refractivity contribution in [1.29, 1.82) is 5.26 Å². The van der Waals surface area contributed by atoms with E-state index >= 15 is 0 Å². The first-order valence-corrected chi connectivity index (χ1v) is 12.0. The third-order valence-corrected chi connectivity index (χ3v) is 7.03. The van der Waals surface area contributed by atoms with Gasteiger partial charge in [-0.2, -0.15) is 10.2 Å². The van der Waals surface area contributed by atoms with E-state index < -0.39 is 0 Å². The van der Waals surface area contributed by atoms with Crippen LogP contribution in [0.1, 0.15) is 5.56 Å². The van der Waals surface area contributed by atoms with Crippen molar-refractivity contribution in [2.24, 2.45) is 0 Å². The SMILES string of the molecule is N#Cc1cnc2nc(-c3ccc(N4c5ccccc5-n5c6ccccc6c6cccc4c65)cc3)oc2c1. The summed E-state index contributed by atoms with van der Waals surface area (Å²) in [5.74, 6) is 0.477. The average molecular weight is 476 g/mol. The lowest BCUT2D eigenvalue weighted by Gasteiger charge is -2.33. The van der Waals surface area contributed by atoms with Crippen molar-refractivity contribution in [3.05, 3.63) is 109 Å². The number of aromatic nitrogens is 3. The van der Waals surface area contributed by atoms with Gasteiger partial charge in [-0.1, -0.05) is 42.5 Å². The normalized spacial score (nSPS) is 12.2. The number of rotatable bonds is 2. The molecule has 0 saturated carbocycles. The zero-order valence-electron chi connectivity index (χ0n) is 19.5. The standard InChI is InChI=1S/C31H17N5O/c32-17-19-16-28-30(33-18-19)34-31(37-28)20-12-14-21(15-13-20)35-25-9-3-4-10-26(25)36-24-8-2-1-6-22(24)23-7-5-11-27(35)29(23)36/h1-16,18H. The molecule has 0 saturated heterocycles. The average Bonchev–Trinajstić information content (AvgIpc) is 3.54. The van der Waals surface area contributed by atoms with Crippen molar-refractivity contribution in [2.75, 3.05) is 4.90 Å². The predicted octanol–water partition coefficient (Wildman–Crippen LogP) is 7.64. The first-order valence-electron chi connectivity index (χ1n) is 12.0. The molecular formula is C31H17N5O. The number of pyridine rings is 1. The molecule has 6 nitrogen and oxygen atoms in total. The lowest BCUT2D eigenvalue weighted by molar-refractivity contribution is 0.619. The second-order valence-corrected chi connectivity index (χ2v) is 9.07. The van der Waals surface area contributed by atoms with Gasteiger partial charge in [0.25, 0.3) is 0 Å². The third kappa shape index (κ3) is 2.74. The van der Waals surface area contributed by atoms with Crippen molar-refractivity contribution in [2.45, 2.75) is 0 Å². The first kappa shape index (κ1) is 19.8. The summed E-state index contributed by atoms with van der Waals surface area (Å²) in [6.45, 7) is 0. The molecule has 0 amide bonds. The highest BCUT2D eigenvalue weighted by Gasteiger charge is 2.28. The molecule has 172 valence electrons. The number of benzene rings is 4. The fourth-order valence-electron chi connectivity index (χ4n) is 5.44. The molecule has 0 fully saturated rings. The van der Waals surface area contributed by atoms with E-state index in [2.05, 4.69) is 104 Å². The zero-order valence-corrected chi connectivity index (χ0v) is 19.5. The fourth-order valence-corrected chi connectivity index (χ4v) is 5.44. The predicted molar refractivity (Wildman–Crippen MR) is 145 cm³/mol. The molecule has 0 spiro atoms. The number of nitrogens with zero attached hydrogens (tertiary/aromatic N) is 5. The Bertz CT molecular complexity index is 2060. The Morgan fingerprint density at radius 3 is 2.38 bits per heavy atom. The summed E-state index contributed by atoms with van der Waals surface area (Å²) in [6.07, 6.45) is 1.51. The van der Waals surface area contributed by atoms with Crippen LogP contribution in [0.2, 0.25) is 0 Å². The van der Waals surface area contributed by atoms with E-state index in [1.165, 1.54) is 28.0 Å². The van der Waals surface area contributed by atoms with Crippen molar-refractivity contribution in [3.63, 3.8) is 0 Å². The van der Waals surface area contributed by atoms with E-state index in [1.54, 1.807) is 6.07 Å². The van der Waals surface area contributed by atoms with Gasteiger partial charge in [0.15, 0.2) is 11.2 Å². The Kier molecular flexibility index (Phi) is 3.91. The molecule has 1 aliphatic heterocycles. The lowest BCUT2D eigenvalue weighted by Crippen LogP contribution is -2.17. The summed E-state index contributed by atoms with van der Waals surface area (Å²) < 4.78 is 8.30. The molecule has 0 aliphatic carbocycles. The van der Waals surface area contributed by atoms with Gasteiger partial charge in [-0.15, -0.1) is 0 Å². The van der Waals surface area contributed by atoms with Crippen LogP contribution in [0.3, 0.4) is 0 Å². The van der Waals surface area contributed by atoms with Gasteiger partial charge in [-0.3, -0.25) is 0 Å². The van der Waals surface area contributed by atoms with E-state index in [-0.39, 0.29) is 0 Å².